The minimum atomic E-state index is -0.232. The molecule has 0 aliphatic heterocycles. The number of para-hydroxylation sites is 1. The van der Waals surface area contributed by atoms with Gasteiger partial charge in [0.1, 0.15) is 5.75 Å². The number of aryl methyl sites for hydroxylation is 1. The van der Waals surface area contributed by atoms with E-state index in [1.54, 1.807) is 25.1 Å². The Kier molecular flexibility index (Phi) is 5.49. The van der Waals surface area contributed by atoms with Crippen LogP contribution in [0.15, 0.2) is 18.2 Å². The molecule has 1 aromatic carbocycles. The third-order valence-corrected chi connectivity index (χ3v) is 2.50. The van der Waals surface area contributed by atoms with Gasteiger partial charge in [-0.25, -0.2) is 0 Å². The van der Waals surface area contributed by atoms with Gasteiger partial charge in [0, 0.05) is 13.1 Å². The lowest BCUT2D eigenvalue weighted by atomic mass is 10.1. The van der Waals surface area contributed by atoms with Crippen molar-refractivity contribution in [2.45, 2.75) is 20.3 Å². The maximum Gasteiger partial charge on any atom is 0.255 e. The number of rotatable bonds is 6. The predicted octanol–water partition coefficient (Wildman–Crippen LogP) is 1.43. The molecule has 0 saturated heterocycles. The quantitative estimate of drug-likeness (QED) is 0.655. The fourth-order valence-corrected chi connectivity index (χ4v) is 1.50. The van der Waals surface area contributed by atoms with Gasteiger partial charge in [-0.05, 0) is 31.5 Å². The van der Waals surface area contributed by atoms with Crippen LogP contribution in [0.5, 0.6) is 5.75 Å². The predicted molar refractivity (Wildman–Crippen MR) is 68.3 cm³/mol. The zero-order valence-electron chi connectivity index (χ0n) is 10.4. The zero-order chi connectivity index (χ0) is 12.7. The highest BCUT2D eigenvalue weighted by atomic mass is 16.3. The molecule has 0 spiro atoms. The van der Waals surface area contributed by atoms with E-state index >= 15 is 0 Å². The summed E-state index contributed by atoms with van der Waals surface area (Å²) in [6, 6.07) is 5.16. The number of aromatic hydroxyl groups is 1. The van der Waals surface area contributed by atoms with Crippen molar-refractivity contribution in [3.05, 3.63) is 29.3 Å². The minimum absolute atomic E-state index is 0.0616. The molecule has 0 aliphatic carbocycles. The summed E-state index contributed by atoms with van der Waals surface area (Å²) in [5.41, 5.74) is 1.04. The Hall–Kier alpha value is -1.55. The largest absolute Gasteiger partial charge is 0.507 e. The first kappa shape index (κ1) is 13.5. The molecule has 17 heavy (non-hydrogen) atoms. The third-order valence-electron chi connectivity index (χ3n) is 2.50. The normalized spacial score (nSPS) is 10.2. The molecule has 1 aromatic rings. The lowest BCUT2D eigenvalue weighted by Gasteiger charge is -2.08. The van der Waals surface area contributed by atoms with Crippen molar-refractivity contribution in [2.75, 3.05) is 19.6 Å². The molecule has 0 aromatic heterocycles. The molecule has 3 N–H and O–H groups in total. The molecule has 0 bridgehead atoms. The molecule has 0 heterocycles. The number of nitrogens with one attached hydrogen (secondary N) is 2. The Morgan fingerprint density at radius 1 is 1.29 bits per heavy atom. The first-order valence-electron chi connectivity index (χ1n) is 5.94. The number of phenolic OH excluding ortho intramolecular Hbond substituents is 1. The van der Waals surface area contributed by atoms with Crippen LogP contribution in [0.1, 0.15) is 29.3 Å². The minimum Gasteiger partial charge on any atom is -0.507 e. The molecule has 0 aliphatic rings. The first-order valence-corrected chi connectivity index (χ1v) is 5.94. The second-order valence-corrected chi connectivity index (χ2v) is 3.98. The first-order chi connectivity index (χ1) is 8.16. The average molecular weight is 236 g/mol. The van der Waals surface area contributed by atoms with E-state index in [9.17, 15) is 9.90 Å². The van der Waals surface area contributed by atoms with Crippen LogP contribution in [-0.2, 0) is 0 Å². The summed E-state index contributed by atoms with van der Waals surface area (Å²) in [7, 11) is 0. The Balaban J connectivity index is 2.44. The number of carbonyl (C=O) groups is 1. The number of phenols is 1. The van der Waals surface area contributed by atoms with Gasteiger partial charge in [-0.15, -0.1) is 0 Å². The SMILES string of the molecule is CCCNCCNC(=O)c1cccc(C)c1O. The molecule has 0 saturated carbocycles. The standard InChI is InChI=1S/C13H20N2O2/c1-3-7-14-8-9-15-13(17)11-6-4-5-10(2)12(11)16/h4-6,14,16H,3,7-9H2,1-2H3,(H,15,17). The van der Waals surface area contributed by atoms with Crippen molar-refractivity contribution < 1.29 is 9.90 Å². The molecule has 4 nitrogen and oxygen atoms in total. The monoisotopic (exact) mass is 236 g/mol. The van der Waals surface area contributed by atoms with Crippen molar-refractivity contribution in [3.8, 4) is 5.75 Å². The van der Waals surface area contributed by atoms with Gasteiger partial charge in [0.25, 0.3) is 5.91 Å². The van der Waals surface area contributed by atoms with Crippen LogP contribution in [0.25, 0.3) is 0 Å². The second kappa shape index (κ2) is 6.91. The van der Waals surface area contributed by atoms with E-state index in [1.807, 2.05) is 0 Å². The topological polar surface area (TPSA) is 61.4 Å². The van der Waals surface area contributed by atoms with E-state index in [1.165, 1.54) is 0 Å². The van der Waals surface area contributed by atoms with Gasteiger partial charge in [-0.1, -0.05) is 19.1 Å². The van der Waals surface area contributed by atoms with Crippen LogP contribution in [0, 0.1) is 6.92 Å². The lowest BCUT2D eigenvalue weighted by molar-refractivity contribution is 0.0951. The fourth-order valence-electron chi connectivity index (χ4n) is 1.50. The van der Waals surface area contributed by atoms with Crippen LogP contribution in [-0.4, -0.2) is 30.6 Å². The summed E-state index contributed by atoms with van der Waals surface area (Å²) >= 11 is 0. The Morgan fingerprint density at radius 3 is 2.76 bits per heavy atom. The smallest absolute Gasteiger partial charge is 0.255 e. The fraction of sp³-hybridized carbons (Fsp3) is 0.462. The van der Waals surface area contributed by atoms with Crippen LogP contribution in [0.4, 0.5) is 0 Å². The number of amides is 1. The van der Waals surface area contributed by atoms with Gasteiger partial charge in [-0.3, -0.25) is 4.79 Å². The van der Waals surface area contributed by atoms with Gasteiger partial charge >= 0.3 is 0 Å². The number of hydrogen-bond donors (Lipinski definition) is 3. The van der Waals surface area contributed by atoms with Crippen molar-refractivity contribution >= 4 is 5.91 Å². The Bertz CT molecular complexity index is 378. The number of benzene rings is 1. The molecule has 0 atom stereocenters. The van der Waals surface area contributed by atoms with Crippen molar-refractivity contribution in [1.82, 2.24) is 10.6 Å². The maximum absolute atomic E-state index is 11.8. The molecule has 0 unspecified atom stereocenters. The van der Waals surface area contributed by atoms with Crippen LogP contribution in [0.2, 0.25) is 0 Å². The highest BCUT2D eigenvalue weighted by Crippen LogP contribution is 2.20. The summed E-state index contributed by atoms with van der Waals surface area (Å²) < 4.78 is 0. The van der Waals surface area contributed by atoms with Crippen LogP contribution in [0.3, 0.4) is 0 Å². The average Bonchev–Trinajstić information content (AvgIpc) is 2.32. The van der Waals surface area contributed by atoms with Crippen LogP contribution >= 0.6 is 0 Å². The summed E-state index contributed by atoms with van der Waals surface area (Å²) in [6.45, 7) is 6.12. The summed E-state index contributed by atoms with van der Waals surface area (Å²) in [4.78, 5) is 11.8. The van der Waals surface area contributed by atoms with E-state index in [0.29, 0.717) is 17.7 Å². The number of carbonyl (C=O) groups excluding carboxylic acids is 1. The highest BCUT2D eigenvalue weighted by molar-refractivity contribution is 5.97. The van der Waals surface area contributed by atoms with E-state index in [-0.39, 0.29) is 11.7 Å². The zero-order valence-corrected chi connectivity index (χ0v) is 10.4. The van der Waals surface area contributed by atoms with E-state index in [0.717, 1.165) is 19.5 Å². The van der Waals surface area contributed by atoms with Crippen molar-refractivity contribution in [1.29, 1.82) is 0 Å². The van der Waals surface area contributed by atoms with Gasteiger partial charge in [0.15, 0.2) is 0 Å². The van der Waals surface area contributed by atoms with Gasteiger partial charge in [-0.2, -0.15) is 0 Å². The van der Waals surface area contributed by atoms with Gasteiger partial charge in [0.2, 0.25) is 0 Å². The molecule has 0 fully saturated rings. The maximum atomic E-state index is 11.8. The second-order valence-electron chi connectivity index (χ2n) is 3.98. The lowest BCUT2D eigenvalue weighted by Crippen LogP contribution is -2.32. The highest BCUT2D eigenvalue weighted by Gasteiger charge is 2.11. The summed E-state index contributed by atoms with van der Waals surface area (Å²) in [6.07, 6.45) is 1.08. The summed E-state index contributed by atoms with van der Waals surface area (Å²) in [5.74, 6) is -0.170. The molecular weight excluding hydrogens is 216 g/mol. The molecule has 94 valence electrons. The van der Waals surface area contributed by atoms with Gasteiger partial charge < -0.3 is 15.7 Å². The summed E-state index contributed by atoms with van der Waals surface area (Å²) in [5, 5.41) is 15.7. The van der Waals surface area contributed by atoms with Gasteiger partial charge in [0.05, 0.1) is 5.56 Å². The Labute approximate surface area is 102 Å². The van der Waals surface area contributed by atoms with Crippen molar-refractivity contribution in [2.24, 2.45) is 0 Å². The van der Waals surface area contributed by atoms with E-state index in [2.05, 4.69) is 17.6 Å². The van der Waals surface area contributed by atoms with Crippen molar-refractivity contribution in [3.63, 3.8) is 0 Å². The Morgan fingerprint density at radius 2 is 2.06 bits per heavy atom. The molecule has 1 amide bonds. The molecule has 1 rings (SSSR count). The number of hydrogen-bond acceptors (Lipinski definition) is 3. The molecule has 4 heteroatoms. The van der Waals surface area contributed by atoms with E-state index < -0.39 is 0 Å². The van der Waals surface area contributed by atoms with E-state index in [4.69, 9.17) is 0 Å². The third kappa shape index (κ3) is 4.07. The van der Waals surface area contributed by atoms with Crippen LogP contribution < -0.4 is 10.6 Å². The molecule has 0 radical (unpaired) electrons. The molecular formula is C13H20N2O2.